The third kappa shape index (κ3) is 2.81. The van der Waals surface area contributed by atoms with E-state index in [1.54, 1.807) is 24.8 Å². The van der Waals surface area contributed by atoms with Gasteiger partial charge in [-0.1, -0.05) is 0 Å². The van der Waals surface area contributed by atoms with Crippen LogP contribution in [0.1, 0.15) is 5.56 Å². The SMILES string of the molecule is NC(=S)N/N=C/c1ccoc1. The topological polar surface area (TPSA) is 63.5 Å². The molecule has 0 unspecified atom stereocenters. The lowest BCUT2D eigenvalue weighted by Crippen LogP contribution is -2.23. The summed E-state index contributed by atoms with van der Waals surface area (Å²) in [5, 5.41) is 3.86. The molecule has 0 atom stereocenters. The summed E-state index contributed by atoms with van der Waals surface area (Å²) in [6, 6.07) is 1.77. The van der Waals surface area contributed by atoms with Crippen LogP contribution in [0.2, 0.25) is 0 Å². The number of furan rings is 1. The standard InChI is InChI=1S/C6H7N3OS/c7-6(11)9-8-3-5-1-2-10-4-5/h1-4H,(H3,7,9,11)/b8-3+. The molecule has 0 fully saturated rings. The first-order chi connectivity index (χ1) is 5.29. The minimum Gasteiger partial charge on any atom is -0.472 e. The molecule has 0 bridgehead atoms. The summed E-state index contributed by atoms with van der Waals surface area (Å²) in [6.07, 6.45) is 4.68. The van der Waals surface area contributed by atoms with Crippen LogP contribution in [0.3, 0.4) is 0 Å². The van der Waals surface area contributed by atoms with E-state index >= 15 is 0 Å². The smallest absolute Gasteiger partial charge is 0.184 e. The highest BCUT2D eigenvalue weighted by Gasteiger charge is 1.86. The molecule has 1 rings (SSSR count). The summed E-state index contributed by atoms with van der Waals surface area (Å²) in [5.74, 6) is 0. The number of hydrazone groups is 1. The van der Waals surface area contributed by atoms with Crippen molar-refractivity contribution in [3.05, 3.63) is 24.2 Å². The summed E-state index contributed by atoms with van der Waals surface area (Å²) in [4.78, 5) is 0. The van der Waals surface area contributed by atoms with Gasteiger partial charge >= 0.3 is 0 Å². The first kappa shape index (κ1) is 7.74. The monoisotopic (exact) mass is 169 g/mol. The number of hydrogen-bond donors (Lipinski definition) is 2. The van der Waals surface area contributed by atoms with E-state index in [9.17, 15) is 0 Å². The summed E-state index contributed by atoms with van der Waals surface area (Å²) in [5.41, 5.74) is 8.39. The molecule has 1 heterocycles. The average molecular weight is 169 g/mol. The first-order valence-electron chi connectivity index (χ1n) is 2.90. The summed E-state index contributed by atoms with van der Waals surface area (Å²) in [6.45, 7) is 0. The third-order valence-corrected chi connectivity index (χ3v) is 1.02. The molecule has 0 radical (unpaired) electrons. The highest BCUT2D eigenvalue weighted by atomic mass is 32.1. The quantitative estimate of drug-likeness (QED) is 0.383. The Balaban J connectivity index is 2.43. The van der Waals surface area contributed by atoms with E-state index in [0.29, 0.717) is 0 Å². The Morgan fingerprint density at radius 2 is 2.64 bits per heavy atom. The zero-order chi connectivity index (χ0) is 8.10. The lowest BCUT2D eigenvalue weighted by Gasteiger charge is -1.90. The molecule has 11 heavy (non-hydrogen) atoms. The zero-order valence-corrected chi connectivity index (χ0v) is 6.47. The van der Waals surface area contributed by atoms with Gasteiger partial charge < -0.3 is 10.2 Å². The average Bonchev–Trinajstić information content (AvgIpc) is 2.39. The highest BCUT2D eigenvalue weighted by Crippen LogP contribution is 1.93. The summed E-state index contributed by atoms with van der Waals surface area (Å²) < 4.78 is 4.79. The Hall–Kier alpha value is -1.36. The molecule has 0 spiro atoms. The van der Waals surface area contributed by atoms with Crippen molar-refractivity contribution < 1.29 is 4.42 Å². The molecule has 58 valence electrons. The van der Waals surface area contributed by atoms with E-state index in [0.717, 1.165) is 5.56 Å². The number of thiocarbonyl (C=S) groups is 1. The number of nitrogens with zero attached hydrogens (tertiary/aromatic N) is 1. The molecule has 0 amide bonds. The van der Waals surface area contributed by atoms with Gasteiger partial charge in [0.1, 0.15) is 0 Å². The van der Waals surface area contributed by atoms with Crippen molar-refractivity contribution in [1.29, 1.82) is 0 Å². The number of nitrogens with two attached hydrogens (primary N) is 1. The van der Waals surface area contributed by atoms with Crippen LogP contribution in [0, 0.1) is 0 Å². The fraction of sp³-hybridized carbons (Fsp3) is 0. The van der Waals surface area contributed by atoms with E-state index < -0.39 is 0 Å². The molecule has 4 nitrogen and oxygen atoms in total. The van der Waals surface area contributed by atoms with E-state index in [-0.39, 0.29) is 5.11 Å². The van der Waals surface area contributed by atoms with Crippen LogP contribution in [-0.4, -0.2) is 11.3 Å². The van der Waals surface area contributed by atoms with Gasteiger partial charge in [0.15, 0.2) is 5.11 Å². The molecule has 0 saturated carbocycles. The number of rotatable bonds is 2. The second-order valence-electron chi connectivity index (χ2n) is 1.79. The minimum absolute atomic E-state index is 0.143. The van der Waals surface area contributed by atoms with Crippen molar-refractivity contribution in [2.24, 2.45) is 10.8 Å². The molecule has 0 aliphatic carbocycles. The van der Waals surface area contributed by atoms with Gasteiger partial charge in [0.2, 0.25) is 0 Å². The lowest BCUT2D eigenvalue weighted by molar-refractivity contribution is 0.567. The maximum Gasteiger partial charge on any atom is 0.184 e. The van der Waals surface area contributed by atoms with Gasteiger partial charge in [0.25, 0.3) is 0 Å². The minimum atomic E-state index is 0.143. The fourth-order valence-corrected chi connectivity index (χ4v) is 0.572. The summed E-state index contributed by atoms with van der Waals surface area (Å²) >= 11 is 4.52. The van der Waals surface area contributed by atoms with Gasteiger partial charge in [-0.15, -0.1) is 0 Å². The van der Waals surface area contributed by atoms with Crippen LogP contribution >= 0.6 is 12.2 Å². The number of nitrogens with one attached hydrogen (secondary N) is 1. The van der Waals surface area contributed by atoms with Crippen molar-refractivity contribution in [3.63, 3.8) is 0 Å². The lowest BCUT2D eigenvalue weighted by atomic mass is 10.4. The van der Waals surface area contributed by atoms with Gasteiger partial charge in [-0.3, -0.25) is 5.43 Å². The van der Waals surface area contributed by atoms with Crippen LogP contribution in [0.5, 0.6) is 0 Å². The number of hydrogen-bond acceptors (Lipinski definition) is 3. The fourth-order valence-electron chi connectivity index (χ4n) is 0.519. The molecule has 0 saturated heterocycles. The van der Waals surface area contributed by atoms with Gasteiger partial charge in [-0.05, 0) is 18.3 Å². The highest BCUT2D eigenvalue weighted by molar-refractivity contribution is 7.80. The van der Waals surface area contributed by atoms with Crippen LogP contribution in [0.15, 0.2) is 28.1 Å². The van der Waals surface area contributed by atoms with Crippen molar-refractivity contribution in [3.8, 4) is 0 Å². The van der Waals surface area contributed by atoms with Crippen LogP contribution < -0.4 is 11.2 Å². The van der Waals surface area contributed by atoms with Gasteiger partial charge in [-0.2, -0.15) is 5.10 Å². The van der Waals surface area contributed by atoms with Crippen molar-refractivity contribution >= 4 is 23.5 Å². The van der Waals surface area contributed by atoms with E-state index in [4.69, 9.17) is 10.2 Å². The second kappa shape index (κ2) is 3.72. The van der Waals surface area contributed by atoms with Crippen LogP contribution in [0.4, 0.5) is 0 Å². The molecular weight excluding hydrogens is 162 g/mol. The first-order valence-corrected chi connectivity index (χ1v) is 3.30. The predicted molar refractivity (Wildman–Crippen MR) is 46.2 cm³/mol. The normalized spacial score (nSPS) is 10.2. The van der Waals surface area contributed by atoms with Crippen molar-refractivity contribution in [2.75, 3.05) is 0 Å². The maximum atomic E-state index is 5.12. The molecule has 0 aliphatic heterocycles. The van der Waals surface area contributed by atoms with Gasteiger partial charge in [-0.25, -0.2) is 0 Å². The van der Waals surface area contributed by atoms with Crippen LogP contribution in [0.25, 0.3) is 0 Å². The Morgan fingerprint density at radius 3 is 3.18 bits per heavy atom. The maximum absolute atomic E-state index is 5.12. The summed E-state index contributed by atoms with van der Waals surface area (Å²) in [7, 11) is 0. The van der Waals surface area contributed by atoms with Gasteiger partial charge in [0, 0.05) is 5.56 Å². The van der Waals surface area contributed by atoms with Gasteiger partial charge in [0.05, 0.1) is 18.7 Å². The molecule has 3 N–H and O–H groups in total. The molecule has 0 aromatic carbocycles. The largest absolute Gasteiger partial charge is 0.472 e. The third-order valence-electron chi connectivity index (χ3n) is 0.932. The van der Waals surface area contributed by atoms with E-state index in [1.165, 1.54) is 0 Å². The Kier molecular flexibility index (Phi) is 2.62. The van der Waals surface area contributed by atoms with E-state index in [1.807, 2.05) is 0 Å². The van der Waals surface area contributed by atoms with Crippen LogP contribution in [-0.2, 0) is 0 Å². The Morgan fingerprint density at radius 1 is 1.82 bits per heavy atom. The Labute approximate surface area is 69.1 Å². The van der Waals surface area contributed by atoms with Crippen molar-refractivity contribution in [2.45, 2.75) is 0 Å². The molecule has 0 aliphatic rings. The second-order valence-corrected chi connectivity index (χ2v) is 2.23. The molecule has 1 aromatic rings. The Bertz CT molecular complexity index is 255. The molecule has 1 aromatic heterocycles. The zero-order valence-electron chi connectivity index (χ0n) is 5.65. The van der Waals surface area contributed by atoms with Crippen molar-refractivity contribution in [1.82, 2.24) is 5.43 Å². The van der Waals surface area contributed by atoms with E-state index in [2.05, 4.69) is 22.7 Å². The predicted octanol–water partition coefficient (Wildman–Crippen LogP) is 0.447. The molecule has 5 heteroatoms. The molecular formula is C6H7N3OS.